The lowest BCUT2D eigenvalue weighted by atomic mass is 9.97. The van der Waals surface area contributed by atoms with Crippen LogP contribution < -0.4 is 5.32 Å². The predicted octanol–water partition coefficient (Wildman–Crippen LogP) is 4.43. The van der Waals surface area contributed by atoms with Gasteiger partial charge in [-0.05, 0) is 49.4 Å². The van der Waals surface area contributed by atoms with Gasteiger partial charge < -0.3 is 10.4 Å². The van der Waals surface area contributed by atoms with Crippen molar-refractivity contribution in [2.24, 2.45) is 0 Å². The summed E-state index contributed by atoms with van der Waals surface area (Å²) < 4.78 is 0. The molecule has 0 fully saturated rings. The molecular weight excluding hydrogens is 346 g/mol. The van der Waals surface area contributed by atoms with E-state index in [1.165, 1.54) is 23.3 Å². The van der Waals surface area contributed by atoms with Crippen molar-refractivity contribution in [1.29, 1.82) is 0 Å². The Morgan fingerprint density at radius 2 is 2.04 bits per heavy atom. The van der Waals surface area contributed by atoms with E-state index in [0.717, 1.165) is 34.6 Å². The van der Waals surface area contributed by atoms with Crippen molar-refractivity contribution in [1.82, 2.24) is 9.97 Å². The highest BCUT2D eigenvalue weighted by molar-refractivity contribution is 7.19. The van der Waals surface area contributed by atoms with Crippen LogP contribution in [-0.4, -0.2) is 21.0 Å². The van der Waals surface area contributed by atoms with Crippen LogP contribution >= 0.6 is 23.7 Å². The molecule has 0 radical (unpaired) electrons. The van der Waals surface area contributed by atoms with Gasteiger partial charge in [-0.25, -0.2) is 14.8 Å². The fourth-order valence-electron chi connectivity index (χ4n) is 3.05. The summed E-state index contributed by atoms with van der Waals surface area (Å²) in [6.45, 7) is 0. The molecule has 2 aromatic heterocycles. The van der Waals surface area contributed by atoms with Gasteiger partial charge in [-0.2, -0.15) is 0 Å². The van der Waals surface area contributed by atoms with E-state index in [9.17, 15) is 4.79 Å². The van der Waals surface area contributed by atoms with Crippen LogP contribution in [0.4, 0.5) is 11.5 Å². The number of carboxylic acids is 1. The topological polar surface area (TPSA) is 75.1 Å². The molecule has 2 heterocycles. The molecule has 0 spiro atoms. The highest BCUT2D eigenvalue weighted by atomic mass is 35.5. The first-order valence-corrected chi connectivity index (χ1v) is 8.39. The van der Waals surface area contributed by atoms with Gasteiger partial charge in [0.05, 0.1) is 10.9 Å². The van der Waals surface area contributed by atoms with Gasteiger partial charge in [-0.3, -0.25) is 0 Å². The van der Waals surface area contributed by atoms with Gasteiger partial charge in [-0.1, -0.05) is 6.07 Å². The van der Waals surface area contributed by atoms with Gasteiger partial charge in [0.1, 0.15) is 17.0 Å². The number of halogens is 1. The summed E-state index contributed by atoms with van der Waals surface area (Å²) in [5.74, 6) is -0.175. The Hall–Kier alpha value is -2.18. The average molecular weight is 362 g/mol. The summed E-state index contributed by atoms with van der Waals surface area (Å²) in [4.78, 5) is 22.3. The fraction of sp³-hybridized carbons (Fsp3) is 0.235. The number of carboxylic acid groups (broad SMARTS) is 1. The number of nitrogens with one attached hydrogen (secondary N) is 1. The van der Waals surface area contributed by atoms with Gasteiger partial charge in [0.2, 0.25) is 0 Å². The zero-order valence-corrected chi connectivity index (χ0v) is 14.4. The van der Waals surface area contributed by atoms with Crippen LogP contribution in [0.25, 0.3) is 10.2 Å². The molecular formula is C17H16ClN3O2S. The van der Waals surface area contributed by atoms with E-state index in [2.05, 4.69) is 15.3 Å². The molecule has 2 N–H and O–H groups in total. The third kappa shape index (κ3) is 2.95. The first-order valence-electron chi connectivity index (χ1n) is 7.58. The Morgan fingerprint density at radius 1 is 1.21 bits per heavy atom. The summed E-state index contributed by atoms with van der Waals surface area (Å²) in [6.07, 6.45) is 6.17. The number of hydrogen-bond donors (Lipinski definition) is 2. The van der Waals surface area contributed by atoms with E-state index in [1.807, 2.05) is 6.07 Å². The maximum atomic E-state index is 11.1. The monoisotopic (exact) mass is 361 g/mol. The number of aromatic carboxylic acids is 1. The Kier molecular flexibility index (Phi) is 4.69. The zero-order valence-electron chi connectivity index (χ0n) is 12.8. The zero-order chi connectivity index (χ0) is 15.8. The van der Waals surface area contributed by atoms with Gasteiger partial charge >= 0.3 is 5.97 Å². The number of aromatic nitrogens is 2. The van der Waals surface area contributed by atoms with Crippen LogP contribution in [-0.2, 0) is 12.8 Å². The van der Waals surface area contributed by atoms with Crippen molar-refractivity contribution in [3.8, 4) is 0 Å². The molecule has 0 saturated heterocycles. The van der Waals surface area contributed by atoms with Crippen LogP contribution in [0.5, 0.6) is 0 Å². The normalized spacial score (nSPS) is 13.2. The molecule has 1 aliphatic rings. The maximum absolute atomic E-state index is 11.1. The average Bonchev–Trinajstić information content (AvgIpc) is 2.94. The Morgan fingerprint density at radius 3 is 2.88 bits per heavy atom. The first-order chi connectivity index (χ1) is 11.2. The lowest BCUT2D eigenvalue weighted by Gasteiger charge is -2.12. The van der Waals surface area contributed by atoms with Crippen LogP contribution in [0, 0.1) is 0 Å². The number of carbonyl (C=O) groups is 1. The maximum Gasteiger partial charge on any atom is 0.335 e. The molecule has 124 valence electrons. The van der Waals surface area contributed by atoms with E-state index in [1.54, 1.807) is 35.9 Å². The second-order valence-electron chi connectivity index (χ2n) is 5.62. The number of anilines is 2. The van der Waals surface area contributed by atoms with E-state index < -0.39 is 5.97 Å². The van der Waals surface area contributed by atoms with Crippen molar-refractivity contribution in [3.63, 3.8) is 0 Å². The molecule has 24 heavy (non-hydrogen) atoms. The first kappa shape index (κ1) is 16.7. The standard InChI is InChI=1S/C17H15N3O2S.ClH/c21-17(22)10-4-3-5-11(8-10)20-15-14-12-6-1-2-7-13(12)23-16(14)19-9-18-15;/h3-5,8-9H,1-2,6-7H2,(H,21,22)(H,18,19,20);1H. The molecule has 4 rings (SSSR count). The van der Waals surface area contributed by atoms with Crippen LogP contribution in [0.15, 0.2) is 30.6 Å². The molecule has 0 unspecified atom stereocenters. The second-order valence-corrected chi connectivity index (χ2v) is 6.71. The predicted molar refractivity (Wildman–Crippen MR) is 98.0 cm³/mol. The molecule has 0 atom stereocenters. The number of benzene rings is 1. The number of rotatable bonds is 3. The lowest BCUT2D eigenvalue weighted by molar-refractivity contribution is 0.0697. The summed E-state index contributed by atoms with van der Waals surface area (Å²) in [5.41, 5.74) is 2.34. The minimum absolute atomic E-state index is 0. The molecule has 7 heteroatoms. The number of nitrogens with zero attached hydrogens (tertiary/aromatic N) is 2. The minimum Gasteiger partial charge on any atom is -0.478 e. The highest BCUT2D eigenvalue weighted by Crippen LogP contribution is 2.38. The van der Waals surface area contributed by atoms with Gasteiger partial charge in [-0.15, -0.1) is 23.7 Å². The molecule has 3 aromatic rings. The van der Waals surface area contributed by atoms with E-state index in [-0.39, 0.29) is 18.0 Å². The highest BCUT2D eigenvalue weighted by Gasteiger charge is 2.20. The third-order valence-corrected chi connectivity index (χ3v) is 5.32. The van der Waals surface area contributed by atoms with Crippen molar-refractivity contribution in [2.45, 2.75) is 25.7 Å². The van der Waals surface area contributed by atoms with Crippen molar-refractivity contribution >= 4 is 51.4 Å². The van der Waals surface area contributed by atoms with Crippen molar-refractivity contribution < 1.29 is 9.90 Å². The van der Waals surface area contributed by atoms with E-state index in [0.29, 0.717) is 0 Å². The largest absolute Gasteiger partial charge is 0.478 e. The van der Waals surface area contributed by atoms with Crippen molar-refractivity contribution in [2.75, 3.05) is 5.32 Å². The lowest BCUT2D eigenvalue weighted by Crippen LogP contribution is -2.02. The molecule has 0 bridgehead atoms. The van der Waals surface area contributed by atoms with Crippen LogP contribution in [0.1, 0.15) is 33.6 Å². The quantitative estimate of drug-likeness (QED) is 0.721. The van der Waals surface area contributed by atoms with Crippen LogP contribution in [0.2, 0.25) is 0 Å². The molecule has 0 aliphatic heterocycles. The molecule has 5 nitrogen and oxygen atoms in total. The molecule has 0 saturated carbocycles. The fourth-order valence-corrected chi connectivity index (χ4v) is 4.28. The Bertz CT molecular complexity index is 910. The van der Waals surface area contributed by atoms with Gasteiger partial charge in [0, 0.05) is 10.6 Å². The third-order valence-electron chi connectivity index (χ3n) is 4.12. The summed E-state index contributed by atoms with van der Waals surface area (Å²) >= 11 is 1.75. The van der Waals surface area contributed by atoms with E-state index in [4.69, 9.17) is 5.11 Å². The summed E-state index contributed by atoms with van der Waals surface area (Å²) in [5, 5.41) is 13.5. The minimum atomic E-state index is -0.936. The Balaban J connectivity index is 0.00000169. The summed E-state index contributed by atoms with van der Waals surface area (Å²) in [7, 11) is 0. The molecule has 1 aromatic carbocycles. The number of thiophene rings is 1. The van der Waals surface area contributed by atoms with E-state index >= 15 is 0 Å². The number of hydrogen-bond acceptors (Lipinski definition) is 5. The van der Waals surface area contributed by atoms with Gasteiger partial charge in [0.25, 0.3) is 0 Å². The van der Waals surface area contributed by atoms with Gasteiger partial charge in [0.15, 0.2) is 0 Å². The smallest absolute Gasteiger partial charge is 0.335 e. The SMILES string of the molecule is Cl.O=C(O)c1cccc(Nc2ncnc3sc4c(c23)CCCC4)c1. The number of aryl methyl sites for hydroxylation is 2. The number of fused-ring (bicyclic) bond motifs is 3. The molecule has 0 amide bonds. The summed E-state index contributed by atoms with van der Waals surface area (Å²) in [6, 6.07) is 6.77. The Labute approximate surface area is 149 Å². The second kappa shape index (κ2) is 6.75. The van der Waals surface area contributed by atoms with Crippen molar-refractivity contribution in [3.05, 3.63) is 46.6 Å². The van der Waals surface area contributed by atoms with Crippen LogP contribution in [0.3, 0.4) is 0 Å². The molecule has 1 aliphatic carbocycles.